The van der Waals surface area contributed by atoms with Crippen molar-refractivity contribution in [2.45, 2.75) is 0 Å². The van der Waals surface area contributed by atoms with E-state index in [-0.39, 0.29) is 5.91 Å². The Bertz CT molecular complexity index is 688. The topological polar surface area (TPSA) is 57.8 Å². The van der Waals surface area contributed by atoms with Gasteiger partial charge in [0.1, 0.15) is 0 Å². The summed E-state index contributed by atoms with van der Waals surface area (Å²) in [4.78, 5) is 19.0. The molecule has 3 rings (SSSR count). The number of carbonyl (C=O) groups is 1. The van der Waals surface area contributed by atoms with Crippen molar-refractivity contribution >= 4 is 11.6 Å². The quantitative estimate of drug-likeness (QED) is 0.761. The summed E-state index contributed by atoms with van der Waals surface area (Å²) >= 11 is 0. The number of nitrogens with one attached hydrogen (secondary N) is 2. The molecule has 2 aromatic carbocycles. The van der Waals surface area contributed by atoms with Crippen LogP contribution in [0.15, 0.2) is 67.1 Å². The monoisotopic (exact) mass is 263 g/mol. The van der Waals surface area contributed by atoms with Crippen LogP contribution in [-0.4, -0.2) is 15.9 Å². The van der Waals surface area contributed by atoms with Crippen LogP contribution < -0.4 is 5.32 Å². The minimum Gasteiger partial charge on any atom is -0.345 e. The number of amides is 1. The molecule has 1 amide bonds. The lowest BCUT2D eigenvalue weighted by atomic mass is 10.1. The lowest BCUT2D eigenvalue weighted by Gasteiger charge is -2.06. The minimum atomic E-state index is -0.111. The van der Waals surface area contributed by atoms with Gasteiger partial charge in [-0.3, -0.25) is 4.79 Å². The second kappa shape index (κ2) is 5.40. The summed E-state index contributed by atoms with van der Waals surface area (Å²) in [5, 5.41) is 2.87. The van der Waals surface area contributed by atoms with Crippen LogP contribution in [0.3, 0.4) is 0 Å². The van der Waals surface area contributed by atoms with Crippen LogP contribution in [0.1, 0.15) is 10.4 Å². The Balaban J connectivity index is 1.74. The Labute approximate surface area is 116 Å². The standard InChI is InChI=1S/C16H13N3O/c20-16(13-4-2-1-3-5-13)19-14-8-6-12(7-9-14)15-10-17-11-18-15/h1-11H,(H,17,18)(H,19,20). The number of benzene rings is 2. The fourth-order valence-corrected chi connectivity index (χ4v) is 1.94. The smallest absolute Gasteiger partial charge is 0.255 e. The highest BCUT2D eigenvalue weighted by Gasteiger charge is 2.05. The van der Waals surface area contributed by atoms with Gasteiger partial charge in [-0.2, -0.15) is 0 Å². The van der Waals surface area contributed by atoms with E-state index in [9.17, 15) is 4.79 Å². The lowest BCUT2D eigenvalue weighted by molar-refractivity contribution is 0.102. The van der Waals surface area contributed by atoms with E-state index < -0.39 is 0 Å². The molecule has 0 unspecified atom stereocenters. The number of aromatic nitrogens is 2. The molecule has 1 heterocycles. The largest absolute Gasteiger partial charge is 0.345 e. The van der Waals surface area contributed by atoms with E-state index in [1.54, 1.807) is 24.7 Å². The molecular formula is C16H13N3O. The van der Waals surface area contributed by atoms with Gasteiger partial charge in [0.2, 0.25) is 0 Å². The molecule has 4 nitrogen and oxygen atoms in total. The first-order chi connectivity index (χ1) is 9.83. The average Bonchev–Trinajstić information content (AvgIpc) is 3.03. The number of carbonyl (C=O) groups excluding carboxylic acids is 1. The summed E-state index contributed by atoms with van der Waals surface area (Å²) in [7, 11) is 0. The second-order valence-corrected chi connectivity index (χ2v) is 4.36. The van der Waals surface area contributed by atoms with E-state index in [4.69, 9.17) is 0 Å². The summed E-state index contributed by atoms with van der Waals surface area (Å²) < 4.78 is 0. The number of aromatic amines is 1. The van der Waals surface area contributed by atoms with Crippen LogP contribution in [0.2, 0.25) is 0 Å². The highest BCUT2D eigenvalue weighted by molar-refractivity contribution is 6.04. The van der Waals surface area contributed by atoms with Gasteiger partial charge in [0.25, 0.3) is 5.91 Å². The first kappa shape index (κ1) is 12.2. The third kappa shape index (κ3) is 2.59. The van der Waals surface area contributed by atoms with Crippen molar-refractivity contribution in [1.82, 2.24) is 9.97 Å². The van der Waals surface area contributed by atoms with Crippen LogP contribution in [-0.2, 0) is 0 Å². The molecule has 0 spiro atoms. The van der Waals surface area contributed by atoms with Crippen LogP contribution in [0.25, 0.3) is 11.3 Å². The molecule has 20 heavy (non-hydrogen) atoms. The van der Waals surface area contributed by atoms with Crippen molar-refractivity contribution in [2.75, 3.05) is 5.32 Å². The van der Waals surface area contributed by atoms with Crippen molar-refractivity contribution in [3.63, 3.8) is 0 Å². The van der Waals surface area contributed by atoms with E-state index in [0.717, 1.165) is 16.9 Å². The summed E-state index contributed by atoms with van der Waals surface area (Å²) in [6, 6.07) is 16.8. The summed E-state index contributed by atoms with van der Waals surface area (Å²) in [5.74, 6) is -0.111. The fraction of sp³-hybridized carbons (Fsp3) is 0. The molecule has 0 aliphatic carbocycles. The molecule has 0 aliphatic heterocycles. The van der Waals surface area contributed by atoms with Gasteiger partial charge in [0.15, 0.2) is 0 Å². The second-order valence-electron chi connectivity index (χ2n) is 4.36. The average molecular weight is 263 g/mol. The molecule has 0 fully saturated rings. The molecule has 0 saturated heterocycles. The van der Waals surface area contributed by atoms with Gasteiger partial charge in [0.05, 0.1) is 18.2 Å². The number of rotatable bonds is 3. The molecule has 2 N–H and O–H groups in total. The van der Waals surface area contributed by atoms with E-state index in [2.05, 4.69) is 15.3 Å². The van der Waals surface area contributed by atoms with Gasteiger partial charge in [-0.25, -0.2) is 4.98 Å². The summed E-state index contributed by atoms with van der Waals surface area (Å²) in [5.41, 5.74) is 3.39. The van der Waals surface area contributed by atoms with Crippen LogP contribution in [0, 0.1) is 0 Å². The predicted molar refractivity (Wildman–Crippen MR) is 78.4 cm³/mol. The predicted octanol–water partition coefficient (Wildman–Crippen LogP) is 3.33. The molecule has 0 radical (unpaired) electrons. The number of hydrogen-bond acceptors (Lipinski definition) is 2. The molecule has 3 aromatic rings. The number of H-pyrrole nitrogens is 1. The molecule has 0 bridgehead atoms. The van der Waals surface area contributed by atoms with Gasteiger partial charge in [-0.1, -0.05) is 30.3 Å². The van der Waals surface area contributed by atoms with E-state index in [0.29, 0.717) is 5.56 Å². The molecule has 0 atom stereocenters. The SMILES string of the molecule is O=C(Nc1ccc(-c2cnc[nH]2)cc1)c1ccccc1. The number of hydrogen-bond donors (Lipinski definition) is 2. The number of imidazole rings is 1. The van der Waals surface area contributed by atoms with Crippen molar-refractivity contribution in [3.05, 3.63) is 72.7 Å². The van der Waals surface area contributed by atoms with Gasteiger partial charge in [-0.05, 0) is 29.8 Å². The van der Waals surface area contributed by atoms with Crippen molar-refractivity contribution < 1.29 is 4.79 Å². The van der Waals surface area contributed by atoms with E-state index in [1.807, 2.05) is 42.5 Å². The van der Waals surface area contributed by atoms with Crippen LogP contribution in [0.4, 0.5) is 5.69 Å². The van der Waals surface area contributed by atoms with Gasteiger partial charge in [-0.15, -0.1) is 0 Å². The third-order valence-electron chi connectivity index (χ3n) is 2.99. The lowest BCUT2D eigenvalue weighted by Crippen LogP contribution is -2.11. The normalized spacial score (nSPS) is 10.2. The van der Waals surface area contributed by atoms with Gasteiger partial charge >= 0.3 is 0 Å². The zero-order valence-corrected chi connectivity index (χ0v) is 10.7. The molecule has 1 aromatic heterocycles. The Morgan fingerprint density at radius 1 is 1.00 bits per heavy atom. The summed E-state index contributed by atoms with van der Waals surface area (Å²) in [6.45, 7) is 0. The van der Waals surface area contributed by atoms with Crippen LogP contribution >= 0.6 is 0 Å². The minimum absolute atomic E-state index is 0.111. The summed E-state index contributed by atoms with van der Waals surface area (Å²) in [6.07, 6.45) is 3.40. The van der Waals surface area contributed by atoms with Gasteiger partial charge < -0.3 is 10.3 Å². The fourth-order valence-electron chi connectivity index (χ4n) is 1.94. The van der Waals surface area contributed by atoms with Crippen molar-refractivity contribution in [1.29, 1.82) is 0 Å². The van der Waals surface area contributed by atoms with Crippen LogP contribution in [0.5, 0.6) is 0 Å². The van der Waals surface area contributed by atoms with Crippen molar-refractivity contribution in [3.8, 4) is 11.3 Å². The molecule has 4 heteroatoms. The Hall–Kier alpha value is -2.88. The number of nitrogens with zero attached hydrogens (tertiary/aromatic N) is 1. The zero-order chi connectivity index (χ0) is 13.8. The Morgan fingerprint density at radius 3 is 2.40 bits per heavy atom. The van der Waals surface area contributed by atoms with Gasteiger partial charge in [0, 0.05) is 11.3 Å². The number of anilines is 1. The third-order valence-corrected chi connectivity index (χ3v) is 2.99. The van der Waals surface area contributed by atoms with E-state index >= 15 is 0 Å². The highest BCUT2D eigenvalue weighted by Crippen LogP contribution is 2.19. The first-order valence-electron chi connectivity index (χ1n) is 6.28. The molecule has 0 aliphatic rings. The maximum absolute atomic E-state index is 12.0. The van der Waals surface area contributed by atoms with E-state index in [1.165, 1.54) is 0 Å². The van der Waals surface area contributed by atoms with Crippen molar-refractivity contribution in [2.24, 2.45) is 0 Å². The highest BCUT2D eigenvalue weighted by atomic mass is 16.1. The molecule has 98 valence electrons. The maximum atomic E-state index is 12.0. The Kier molecular flexibility index (Phi) is 3.29. The maximum Gasteiger partial charge on any atom is 0.255 e. The first-order valence-corrected chi connectivity index (χ1v) is 6.28. The zero-order valence-electron chi connectivity index (χ0n) is 10.7. The Morgan fingerprint density at radius 2 is 1.75 bits per heavy atom. The molecule has 0 saturated carbocycles. The molecular weight excluding hydrogens is 250 g/mol.